The summed E-state index contributed by atoms with van der Waals surface area (Å²) in [4.78, 5) is 0. The average Bonchev–Trinajstić information content (AvgIpc) is 3.21. The van der Waals surface area contributed by atoms with Crippen LogP contribution >= 0.6 is 20.8 Å². The van der Waals surface area contributed by atoms with E-state index in [9.17, 15) is 0 Å². The Morgan fingerprint density at radius 1 is 0.481 bits per heavy atom. The largest absolute Gasteiger partial charge is 1.00 e. The molecule has 6 aromatic rings. The van der Waals surface area contributed by atoms with Crippen LogP contribution in [0.25, 0.3) is 11.1 Å². The van der Waals surface area contributed by atoms with E-state index in [2.05, 4.69) is 181 Å². The van der Waals surface area contributed by atoms with Crippen molar-refractivity contribution in [3.05, 3.63) is 175 Å². The van der Waals surface area contributed by atoms with Crippen LogP contribution in [0.2, 0.25) is 0 Å². The molecule has 0 unspecified atom stereocenters. The first-order valence-electron chi connectivity index (χ1n) is 18.6. The molecular formula is C47H52Br2NO3P. The Kier molecular flexibility index (Phi) is 15.1. The Bertz CT molecular complexity index is 1860. The van der Waals surface area contributed by atoms with Crippen LogP contribution in [0.3, 0.4) is 0 Å². The van der Waals surface area contributed by atoms with Gasteiger partial charge >= 0.3 is 225 Å². The maximum Gasteiger partial charge on any atom is -1.00 e. The normalized spacial score (nSPS) is 12.2. The van der Waals surface area contributed by atoms with E-state index in [1.54, 1.807) is 0 Å². The minimum Gasteiger partial charge on any atom is -1.00 e. The Hall–Kier alpha value is -3.77. The van der Waals surface area contributed by atoms with Gasteiger partial charge in [0.25, 0.3) is 0 Å². The number of hydrogen-bond donors (Lipinski definition) is 0. The maximum atomic E-state index is 6.28. The van der Waals surface area contributed by atoms with Gasteiger partial charge in [0, 0.05) is 0 Å². The summed E-state index contributed by atoms with van der Waals surface area (Å²) in [6.07, 6.45) is 3.01. The van der Waals surface area contributed by atoms with Gasteiger partial charge in [-0.25, -0.2) is 0 Å². The van der Waals surface area contributed by atoms with Crippen molar-refractivity contribution in [2.75, 3.05) is 53.2 Å². The number of hydrogen-bond acceptors (Lipinski definition) is 3. The van der Waals surface area contributed by atoms with Crippen LogP contribution in [0.15, 0.2) is 170 Å². The van der Waals surface area contributed by atoms with E-state index in [1.807, 2.05) is 18.2 Å². The molecule has 0 bridgehead atoms. The van der Waals surface area contributed by atoms with Gasteiger partial charge in [-0.2, -0.15) is 0 Å². The molecule has 54 heavy (non-hydrogen) atoms. The first-order valence-corrected chi connectivity index (χ1v) is 23.1. The number of benzene rings is 6. The standard InChI is InChI=1S/C47H52BrNO3P.BrH/c1-49(2,33-35-50-36-37-52-44-31-27-42(28-32-44)41-17-7-3-8-18-41)39-40-25-29-43(30-26-40)51-34-15-16-38-53(48,45-19-9-4-10-20-45,46-21-11-5-12-22-46)47-23-13-6-14-24-47;/h3-14,17-32H,15-16,33-39H2,1-2H3;1H/q+1;/p-1. The summed E-state index contributed by atoms with van der Waals surface area (Å²) in [5.74, 6) is 1.78. The predicted octanol–water partition coefficient (Wildman–Crippen LogP) is 7.03. The number of quaternary nitrogens is 1. The zero-order valence-corrected chi connectivity index (χ0v) is 35.5. The van der Waals surface area contributed by atoms with Crippen molar-refractivity contribution in [2.45, 2.75) is 19.4 Å². The fourth-order valence-corrected chi connectivity index (χ4v) is 14.8. The van der Waals surface area contributed by atoms with E-state index in [4.69, 9.17) is 14.2 Å². The van der Waals surface area contributed by atoms with E-state index in [-0.39, 0.29) is 17.0 Å². The van der Waals surface area contributed by atoms with Crippen molar-refractivity contribution < 1.29 is 35.7 Å². The zero-order valence-electron chi connectivity index (χ0n) is 31.4. The fraction of sp³-hybridized carbons (Fsp3) is 0.234. The summed E-state index contributed by atoms with van der Waals surface area (Å²) in [6, 6.07) is 60.3. The molecule has 0 radical (unpaired) electrons. The Labute approximate surface area is 341 Å². The number of rotatable bonds is 19. The van der Waals surface area contributed by atoms with Gasteiger partial charge in [-0.1, -0.05) is 42.5 Å². The minimum absolute atomic E-state index is 0. The number of nitrogens with zero attached hydrogens (tertiary/aromatic N) is 1. The number of unbranched alkanes of at least 4 members (excludes halogenated alkanes) is 1. The van der Waals surface area contributed by atoms with E-state index in [1.165, 1.54) is 32.6 Å². The topological polar surface area (TPSA) is 27.7 Å². The molecule has 6 rings (SSSR count). The van der Waals surface area contributed by atoms with Gasteiger partial charge < -0.3 is 26.5 Å². The van der Waals surface area contributed by atoms with Crippen molar-refractivity contribution in [1.29, 1.82) is 0 Å². The summed E-state index contributed by atoms with van der Waals surface area (Å²) in [7, 11) is 4.50. The molecule has 0 saturated carbocycles. The molecule has 0 saturated heterocycles. The quantitative estimate of drug-likeness (QED) is 0.0498. The molecule has 282 valence electrons. The SMILES string of the molecule is C[N+](C)(CCOCCOc1ccc(-c2ccccc2)cc1)Cc1ccc(OCCCCP(Br)(c2ccccc2)(c2ccccc2)c2ccccc2)cc1.[Br-]. The Balaban J connectivity index is 0.00000561. The van der Waals surface area contributed by atoms with Crippen LogP contribution in [-0.4, -0.2) is 57.7 Å². The first kappa shape index (κ1) is 41.4. The molecule has 0 spiro atoms. The average molecular weight is 870 g/mol. The van der Waals surface area contributed by atoms with Crippen molar-refractivity contribution in [3.8, 4) is 22.6 Å². The van der Waals surface area contributed by atoms with E-state index >= 15 is 0 Å². The van der Waals surface area contributed by atoms with Gasteiger partial charge in [-0.15, -0.1) is 0 Å². The van der Waals surface area contributed by atoms with Crippen molar-refractivity contribution >= 4 is 36.7 Å². The van der Waals surface area contributed by atoms with Crippen molar-refractivity contribution in [3.63, 3.8) is 0 Å². The Morgan fingerprint density at radius 2 is 0.926 bits per heavy atom. The third-order valence-corrected chi connectivity index (χ3v) is 20.0. The van der Waals surface area contributed by atoms with Gasteiger partial charge in [0.2, 0.25) is 0 Å². The smallest absolute Gasteiger partial charge is 1.00 e. The third-order valence-electron chi connectivity index (χ3n) is 9.96. The molecule has 0 aliphatic carbocycles. The number of likely N-dealkylation sites (N-methyl/N-ethyl adjacent to an activating group) is 1. The molecule has 0 N–H and O–H groups in total. The van der Waals surface area contributed by atoms with E-state index in [0.29, 0.717) is 26.4 Å². The fourth-order valence-electron chi connectivity index (χ4n) is 7.02. The van der Waals surface area contributed by atoms with Gasteiger partial charge in [0.05, 0.1) is 13.2 Å². The van der Waals surface area contributed by atoms with Crippen LogP contribution in [0.1, 0.15) is 18.4 Å². The molecule has 0 fully saturated rings. The molecule has 0 amide bonds. The van der Waals surface area contributed by atoms with Crippen molar-refractivity contribution in [2.24, 2.45) is 0 Å². The summed E-state index contributed by atoms with van der Waals surface area (Å²) >= 11 is 4.56. The summed E-state index contributed by atoms with van der Waals surface area (Å²) in [5.41, 5.74) is 3.68. The van der Waals surface area contributed by atoms with Crippen LogP contribution < -0.4 is 42.4 Å². The number of halogens is 2. The van der Waals surface area contributed by atoms with Crippen LogP contribution in [-0.2, 0) is 11.3 Å². The predicted molar refractivity (Wildman–Crippen MR) is 229 cm³/mol. The molecule has 0 atom stereocenters. The first-order chi connectivity index (χ1) is 25.8. The van der Waals surface area contributed by atoms with Crippen molar-refractivity contribution in [1.82, 2.24) is 0 Å². The molecule has 0 aliphatic rings. The molecule has 6 aromatic carbocycles. The summed E-state index contributed by atoms with van der Waals surface area (Å²) in [6.45, 7) is 4.30. The monoisotopic (exact) mass is 867 g/mol. The minimum atomic E-state index is -2.90. The molecule has 0 heterocycles. The van der Waals surface area contributed by atoms with Crippen LogP contribution in [0.5, 0.6) is 11.5 Å². The maximum absolute atomic E-state index is 6.28. The second-order valence-corrected chi connectivity index (χ2v) is 23.3. The Morgan fingerprint density at radius 3 is 1.44 bits per heavy atom. The molecule has 4 nitrogen and oxygen atoms in total. The van der Waals surface area contributed by atoms with Gasteiger partial charge in [-0.3, -0.25) is 0 Å². The van der Waals surface area contributed by atoms with Gasteiger partial charge in [-0.05, 0) is 23.3 Å². The van der Waals surface area contributed by atoms with Crippen LogP contribution in [0, 0.1) is 0 Å². The summed E-state index contributed by atoms with van der Waals surface area (Å²) in [5, 5.41) is 1.17. The molecule has 0 aliphatic heterocycles. The second-order valence-electron chi connectivity index (χ2n) is 14.3. The van der Waals surface area contributed by atoms with Gasteiger partial charge in [0.1, 0.15) is 12.4 Å². The van der Waals surface area contributed by atoms with Crippen LogP contribution in [0.4, 0.5) is 0 Å². The molecule has 0 aromatic heterocycles. The second kappa shape index (κ2) is 19.7. The zero-order chi connectivity index (χ0) is 36.9. The molecular weight excluding hydrogens is 817 g/mol. The number of ether oxygens (including phenoxy) is 3. The van der Waals surface area contributed by atoms with Gasteiger partial charge in [0.15, 0.2) is 0 Å². The summed E-state index contributed by atoms with van der Waals surface area (Å²) < 4.78 is 19.0. The van der Waals surface area contributed by atoms with E-state index < -0.39 is 5.31 Å². The molecule has 7 heteroatoms. The van der Waals surface area contributed by atoms with E-state index in [0.717, 1.165) is 48.1 Å². The third kappa shape index (κ3) is 10.5.